The standard InChI is InChI=1S/C12H18N2O/c1-10-3-4-11(7-13-10)8-14-12(2)5-6-15-9-12/h3-4,7,14H,5-6,8-9H2,1-2H3. The van der Waals surface area contributed by atoms with Gasteiger partial charge >= 0.3 is 0 Å². The molecule has 3 nitrogen and oxygen atoms in total. The van der Waals surface area contributed by atoms with Gasteiger partial charge in [0.1, 0.15) is 0 Å². The molecule has 15 heavy (non-hydrogen) atoms. The van der Waals surface area contributed by atoms with Gasteiger partial charge in [-0.05, 0) is 31.9 Å². The minimum atomic E-state index is 0.144. The van der Waals surface area contributed by atoms with Gasteiger partial charge in [0.15, 0.2) is 0 Å². The van der Waals surface area contributed by atoms with Crippen LogP contribution in [-0.2, 0) is 11.3 Å². The van der Waals surface area contributed by atoms with Gasteiger partial charge in [0.25, 0.3) is 0 Å². The lowest BCUT2D eigenvalue weighted by Gasteiger charge is -2.23. The maximum atomic E-state index is 5.39. The third kappa shape index (κ3) is 2.76. The SMILES string of the molecule is Cc1ccc(CNC2(C)CCOC2)cn1. The Morgan fingerprint density at radius 3 is 3.00 bits per heavy atom. The van der Waals surface area contributed by atoms with Crippen molar-refractivity contribution in [3.8, 4) is 0 Å². The number of nitrogens with one attached hydrogen (secondary N) is 1. The fraction of sp³-hybridized carbons (Fsp3) is 0.583. The van der Waals surface area contributed by atoms with Gasteiger partial charge in [-0.1, -0.05) is 6.07 Å². The van der Waals surface area contributed by atoms with E-state index in [1.165, 1.54) is 5.56 Å². The van der Waals surface area contributed by atoms with E-state index in [1.807, 2.05) is 19.2 Å². The molecule has 0 saturated carbocycles. The van der Waals surface area contributed by atoms with Crippen LogP contribution < -0.4 is 5.32 Å². The van der Waals surface area contributed by atoms with Gasteiger partial charge in [-0.15, -0.1) is 0 Å². The van der Waals surface area contributed by atoms with Crippen molar-refractivity contribution < 1.29 is 4.74 Å². The second-order valence-electron chi connectivity index (χ2n) is 4.52. The Kier molecular flexibility index (Phi) is 3.03. The van der Waals surface area contributed by atoms with E-state index in [0.29, 0.717) is 0 Å². The van der Waals surface area contributed by atoms with Crippen LogP contribution in [-0.4, -0.2) is 23.7 Å². The molecule has 1 unspecified atom stereocenters. The van der Waals surface area contributed by atoms with Crippen molar-refractivity contribution in [3.63, 3.8) is 0 Å². The van der Waals surface area contributed by atoms with Crippen LogP contribution in [0.15, 0.2) is 18.3 Å². The van der Waals surface area contributed by atoms with E-state index in [2.05, 4.69) is 23.3 Å². The molecule has 3 heteroatoms. The summed E-state index contributed by atoms with van der Waals surface area (Å²) < 4.78 is 5.39. The normalized spacial score (nSPS) is 25.7. The van der Waals surface area contributed by atoms with E-state index in [-0.39, 0.29) is 5.54 Å². The highest BCUT2D eigenvalue weighted by Gasteiger charge is 2.28. The zero-order valence-electron chi connectivity index (χ0n) is 9.42. The summed E-state index contributed by atoms with van der Waals surface area (Å²) in [5.74, 6) is 0. The highest BCUT2D eigenvalue weighted by atomic mass is 16.5. The van der Waals surface area contributed by atoms with Crippen LogP contribution in [0.1, 0.15) is 24.6 Å². The van der Waals surface area contributed by atoms with E-state index >= 15 is 0 Å². The van der Waals surface area contributed by atoms with E-state index in [9.17, 15) is 0 Å². The van der Waals surface area contributed by atoms with E-state index in [0.717, 1.165) is 31.9 Å². The van der Waals surface area contributed by atoms with Crippen LogP contribution in [0.3, 0.4) is 0 Å². The highest BCUT2D eigenvalue weighted by molar-refractivity contribution is 5.13. The lowest BCUT2D eigenvalue weighted by molar-refractivity contribution is 0.171. The summed E-state index contributed by atoms with van der Waals surface area (Å²) >= 11 is 0. The van der Waals surface area contributed by atoms with Crippen LogP contribution in [0.2, 0.25) is 0 Å². The molecule has 0 spiro atoms. The number of pyridine rings is 1. The van der Waals surface area contributed by atoms with Crippen molar-refractivity contribution in [1.29, 1.82) is 0 Å². The lowest BCUT2D eigenvalue weighted by atomic mass is 10.0. The van der Waals surface area contributed by atoms with Crippen molar-refractivity contribution in [2.24, 2.45) is 0 Å². The Balaban J connectivity index is 1.90. The predicted octanol–water partition coefficient (Wildman–Crippen LogP) is 1.66. The monoisotopic (exact) mass is 206 g/mol. The molecule has 1 saturated heterocycles. The van der Waals surface area contributed by atoms with Gasteiger partial charge in [0.2, 0.25) is 0 Å². The Labute approximate surface area is 90.9 Å². The van der Waals surface area contributed by atoms with Gasteiger partial charge < -0.3 is 10.1 Å². The van der Waals surface area contributed by atoms with Crippen LogP contribution in [0.5, 0.6) is 0 Å². The molecule has 1 aromatic heterocycles. The largest absolute Gasteiger partial charge is 0.379 e. The first-order valence-corrected chi connectivity index (χ1v) is 5.42. The van der Waals surface area contributed by atoms with E-state index in [1.54, 1.807) is 0 Å². The molecule has 1 fully saturated rings. The number of rotatable bonds is 3. The molecular weight excluding hydrogens is 188 g/mol. The van der Waals surface area contributed by atoms with E-state index < -0.39 is 0 Å². The molecule has 0 amide bonds. The minimum Gasteiger partial charge on any atom is -0.379 e. The molecule has 0 radical (unpaired) electrons. The van der Waals surface area contributed by atoms with Crippen molar-refractivity contribution in [3.05, 3.63) is 29.6 Å². The van der Waals surface area contributed by atoms with Crippen molar-refractivity contribution in [2.75, 3.05) is 13.2 Å². The molecular formula is C12H18N2O. The average molecular weight is 206 g/mol. The first-order valence-electron chi connectivity index (χ1n) is 5.42. The third-order valence-corrected chi connectivity index (χ3v) is 2.91. The molecule has 1 aliphatic rings. The topological polar surface area (TPSA) is 34.1 Å². The Bertz CT molecular complexity index is 315. The third-order valence-electron chi connectivity index (χ3n) is 2.91. The number of hydrogen-bond acceptors (Lipinski definition) is 3. The summed E-state index contributed by atoms with van der Waals surface area (Å²) in [4.78, 5) is 4.28. The quantitative estimate of drug-likeness (QED) is 0.816. The Morgan fingerprint density at radius 1 is 1.53 bits per heavy atom. The average Bonchev–Trinajstić information content (AvgIpc) is 2.65. The summed E-state index contributed by atoms with van der Waals surface area (Å²) in [5, 5.41) is 3.53. The lowest BCUT2D eigenvalue weighted by Crippen LogP contribution is -2.42. The van der Waals surface area contributed by atoms with Crippen LogP contribution in [0.25, 0.3) is 0 Å². The summed E-state index contributed by atoms with van der Waals surface area (Å²) in [5.41, 5.74) is 2.44. The molecule has 1 aromatic rings. The summed E-state index contributed by atoms with van der Waals surface area (Å²) in [6, 6.07) is 4.17. The maximum Gasteiger partial charge on any atom is 0.0646 e. The van der Waals surface area contributed by atoms with Crippen molar-refractivity contribution in [2.45, 2.75) is 32.4 Å². The van der Waals surface area contributed by atoms with E-state index in [4.69, 9.17) is 4.74 Å². The molecule has 1 aliphatic heterocycles. The maximum absolute atomic E-state index is 5.39. The first kappa shape index (κ1) is 10.6. The van der Waals surface area contributed by atoms with Crippen molar-refractivity contribution in [1.82, 2.24) is 10.3 Å². The minimum absolute atomic E-state index is 0.144. The van der Waals surface area contributed by atoms with Gasteiger partial charge in [-0.2, -0.15) is 0 Å². The second-order valence-corrected chi connectivity index (χ2v) is 4.52. The van der Waals surface area contributed by atoms with Crippen LogP contribution in [0.4, 0.5) is 0 Å². The molecule has 82 valence electrons. The zero-order chi connectivity index (χ0) is 10.7. The number of ether oxygens (including phenoxy) is 1. The second kappa shape index (κ2) is 4.29. The fourth-order valence-corrected chi connectivity index (χ4v) is 1.72. The van der Waals surface area contributed by atoms with Crippen LogP contribution in [0, 0.1) is 6.92 Å². The molecule has 0 bridgehead atoms. The molecule has 1 atom stereocenters. The van der Waals surface area contributed by atoms with Crippen LogP contribution >= 0.6 is 0 Å². The highest BCUT2D eigenvalue weighted by Crippen LogP contribution is 2.17. The number of aryl methyl sites for hydroxylation is 1. The predicted molar refractivity (Wildman–Crippen MR) is 59.7 cm³/mol. The zero-order valence-corrected chi connectivity index (χ0v) is 9.42. The first-order chi connectivity index (χ1) is 7.18. The molecule has 1 N–H and O–H groups in total. The van der Waals surface area contributed by atoms with Crippen molar-refractivity contribution >= 4 is 0 Å². The van der Waals surface area contributed by atoms with Gasteiger partial charge in [0.05, 0.1) is 6.61 Å². The number of hydrogen-bond donors (Lipinski definition) is 1. The van der Waals surface area contributed by atoms with Gasteiger partial charge in [0, 0.05) is 30.6 Å². The summed E-state index contributed by atoms with van der Waals surface area (Å²) in [6.07, 6.45) is 3.02. The fourth-order valence-electron chi connectivity index (χ4n) is 1.72. The van der Waals surface area contributed by atoms with Gasteiger partial charge in [-0.25, -0.2) is 0 Å². The Morgan fingerprint density at radius 2 is 2.40 bits per heavy atom. The summed E-state index contributed by atoms with van der Waals surface area (Å²) in [7, 11) is 0. The smallest absolute Gasteiger partial charge is 0.0646 e. The molecule has 2 heterocycles. The molecule has 0 aliphatic carbocycles. The van der Waals surface area contributed by atoms with Gasteiger partial charge in [-0.3, -0.25) is 4.98 Å². The Hall–Kier alpha value is -0.930. The molecule has 0 aromatic carbocycles. The summed E-state index contributed by atoms with van der Waals surface area (Å²) in [6.45, 7) is 6.76. The number of nitrogens with zero attached hydrogens (tertiary/aromatic N) is 1. The number of aromatic nitrogens is 1. The molecule has 2 rings (SSSR count).